The minimum Gasteiger partial charge on any atom is -0.339 e. The highest BCUT2D eigenvalue weighted by molar-refractivity contribution is 7.46. The van der Waals surface area contributed by atoms with Crippen LogP contribution in [0.5, 0.6) is 0 Å². The Morgan fingerprint density at radius 1 is 1.41 bits per heavy atom. The molecule has 0 saturated heterocycles. The summed E-state index contributed by atoms with van der Waals surface area (Å²) in [5.41, 5.74) is 0. The van der Waals surface area contributed by atoms with E-state index < -0.39 is 7.82 Å². The van der Waals surface area contributed by atoms with Gasteiger partial charge in [-0.05, 0) is 32.3 Å². The first kappa shape index (κ1) is 16.3. The first-order valence-electron chi connectivity index (χ1n) is 5.52. The minimum absolute atomic E-state index is 0.0335. The third kappa shape index (κ3) is 9.06. The van der Waals surface area contributed by atoms with Gasteiger partial charge in [-0.1, -0.05) is 6.58 Å². The zero-order valence-electron chi connectivity index (χ0n) is 10.0. The molecule has 0 atom stereocenters. The standard InChI is InChI=1S/C10H20NO5P/c1-3-10(12)11(4-2)8-6-5-7-9-16-17(13,14)15/h3H,1,4-9H2,2H3,(H2,13,14,15). The van der Waals surface area contributed by atoms with Crippen molar-refractivity contribution < 1.29 is 23.7 Å². The van der Waals surface area contributed by atoms with E-state index in [2.05, 4.69) is 11.1 Å². The largest absolute Gasteiger partial charge is 0.469 e. The second kappa shape index (κ2) is 8.42. The Hall–Kier alpha value is -0.680. The smallest absolute Gasteiger partial charge is 0.339 e. The highest BCUT2D eigenvalue weighted by Gasteiger charge is 2.12. The summed E-state index contributed by atoms with van der Waals surface area (Å²) >= 11 is 0. The van der Waals surface area contributed by atoms with Crippen LogP contribution in [-0.4, -0.2) is 40.3 Å². The molecule has 0 fully saturated rings. The number of rotatable bonds is 9. The normalized spacial score (nSPS) is 11.2. The van der Waals surface area contributed by atoms with Gasteiger partial charge in [-0.2, -0.15) is 0 Å². The predicted octanol–water partition coefficient (Wildman–Crippen LogP) is 1.30. The van der Waals surface area contributed by atoms with Gasteiger partial charge in [0, 0.05) is 13.1 Å². The van der Waals surface area contributed by atoms with Crippen molar-refractivity contribution in [2.75, 3.05) is 19.7 Å². The van der Waals surface area contributed by atoms with Gasteiger partial charge in [-0.15, -0.1) is 0 Å². The van der Waals surface area contributed by atoms with Crippen molar-refractivity contribution in [3.63, 3.8) is 0 Å². The van der Waals surface area contributed by atoms with Gasteiger partial charge in [-0.3, -0.25) is 9.32 Å². The number of unbranched alkanes of at least 4 members (excludes halogenated alkanes) is 2. The van der Waals surface area contributed by atoms with Crippen molar-refractivity contribution in [2.24, 2.45) is 0 Å². The summed E-state index contributed by atoms with van der Waals surface area (Å²) in [5.74, 6) is -0.0982. The lowest BCUT2D eigenvalue weighted by Gasteiger charge is -2.18. The van der Waals surface area contributed by atoms with Crippen LogP contribution in [-0.2, 0) is 13.9 Å². The van der Waals surface area contributed by atoms with Crippen molar-refractivity contribution >= 4 is 13.7 Å². The first-order chi connectivity index (χ1) is 7.90. The molecular formula is C10H20NO5P. The Balaban J connectivity index is 3.60. The highest BCUT2D eigenvalue weighted by atomic mass is 31.2. The molecule has 2 N–H and O–H groups in total. The molecule has 1 amide bonds. The molecule has 0 aromatic heterocycles. The maximum atomic E-state index is 11.3. The number of likely N-dealkylation sites (N-methyl/N-ethyl adjacent to an activating group) is 1. The molecule has 0 aromatic rings. The lowest BCUT2D eigenvalue weighted by atomic mass is 10.2. The van der Waals surface area contributed by atoms with Gasteiger partial charge in [0.2, 0.25) is 5.91 Å². The molecule has 0 spiro atoms. The number of carbonyl (C=O) groups is 1. The Morgan fingerprint density at radius 2 is 2.06 bits per heavy atom. The lowest BCUT2D eigenvalue weighted by Crippen LogP contribution is -2.30. The van der Waals surface area contributed by atoms with Gasteiger partial charge in [0.15, 0.2) is 0 Å². The van der Waals surface area contributed by atoms with E-state index in [1.54, 1.807) is 4.90 Å². The number of phosphoric acid groups is 1. The Labute approximate surface area is 102 Å². The molecule has 6 nitrogen and oxygen atoms in total. The number of amides is 1. The molecule has 0 heterocycles. The van der Waals surface area contributed by atoms with Crippen molar-refractivity contribution in [3.8, 4) is 0 Å². The molecule has 0 saturated carbocycles. The molecule has 7 heteroatoms. The average molecular weight is 265 g/mol. The van der Waals surface area contributed by atoms with Crippen LogP contribution in [0.4, 0.5) is 0 Å². The van der Waals surface area contributed by atoms with Crippen LogP contribution in [0.1, 0.15) is 26.2 Å². The number of nitrogens with zero attached hydrogens (tertiary/aromatic N) is 1. The van der Waals surface area contributed by atoms with Crippen LogP contribution in [0.15, 0.2) is 12.7 Å². The van der Waals surface area contributed by atoms with Crippen molar-refractivity contribution in [2.45, 2.75) is 26.2 Å². The van der Waals surface area contributed by atoms with Crippen LogP contribution in [0.3, 0.4) is 0 Å². The third-order valence-electron chi connectivity index (χ3n) is 2.20. The fourth-order valence-corrected chi connectivity index (χ4v) is 1.69. The fraction of sp³-hybridized carbons (Fsp3) is 0.700. The van der Waals surface area contributed by atoms with E-state index in [1.165, 1.54) is 6.08 Å². The number of phosphoric ester groups is 1. The average Bonchev–Trinajstić information content (AvgIpc) is 2.26. The van der Waals surface area contributed by atoms with Gasteiger partial charge in [0.05, 0.1) is 6.61 Å². The minimum atomic E-state index is -4.34. The Kier molecular flexibility index (Phi) is 8.08. The van der Waals surface area contributed by atoms with Crippen molar-refractivity contribution in [3.05, 3.63) is 12.7 Å². The topological polar surface area (TPSA) is 87.1 Å². The van der Waals surface area contributed by atoms with Crippen LogP contribution in [0.25, 0.3) is 0 Å². The maximum Gasteiger partial charge on any atom is 0.469 e. The summed E-state index contributed by atoms with van der Waals surface area (Å²) in [6, 6.07) is 0. The summed E-state index contributed by atoms with van der Waals surface area (Å²) < 4.78 is 14.7. The molecule has 0 bridgehead atoms. The molecule has 0 aliphatic heterocycles. The molecule has 0 radical (unpaired) electrons. The summed E-state index contributed by atoms with van der Waals surface area (Å²) in [7, 11) is -4.34. The Bertz CT molecular complexity index is 288. The van der Waals surface area contributed by atoms with Crippen LogP contribution >= 0.6 is 7.82 Å². The SMILES string of the molecule is C=CC(=O)N(CC)CCCCCOP(=O)(O)O. The molecule has 0 aliphatic rings. The second-order valence-corrected chi connectivity index (χ2v) is 4.75. The van der Waals surface area contributed by atoms with Crippen LogP contribution in [0.2, 0.25) is 0 Å². The molecule has 0 unspecified atom stereocenters. The van der Waals surface area contributed by atoms with E-state index in [0.717, 1.165) is 12.8 Å². The second-order valence-electron chi connectivity index (χ2n) is 3.51. The third-order valence-corrected chi connectivity index (χ3v) is 2.72. The Morgan fingerprint density at radius 3 is 2.53 bits per heavy atom. The van der Waals surface area contributed by atoms with Crippen molar-refractivity contribution in [1.29, 1.82) is 0 Å². The quantitative estimate of drug-likeness (QED) is 0.373. The first-order valence-corrected chi connectivity index (χ1v) is 7.05. The summed E-state index contributed by atoms with van der Waals surface area (Å²) in [5, 5.41) is 0. The molecule has 0 rings (SSSR count). The van der Waals surface area contributed by atoms with Crippen LogP contribution < -0.4 is 0 Å². The van der Waals surface area contributed by atoms with E-state index in [1.807, 2.05) is 6.92 Å². The highest BCUT2D eigenvalue weighted by Crippen LogP contribution is 2.35. The molecule has 0 aromatic carbocycles. The molecule has 17 heavy (non-hydrogen) atoms. The summed E-state index contributed by atoms with van der Waals surface area (Å²) in [4.78, 5) is 29.8. The maximum absolute atomic E-state index is 11.3. The zero-order valence-corrected chi connectivity index (χ0v) is 10.9. The lowest BCUT2D eigenvalue weighted by molar-refractivity contribution is -0.125. The van der Waals surface area contributed by atoms with Gasteiger partial charge in [0.25, 0.3) is 0 Å². The molecule has 0 aliphatic carbocycles. The van der Waals surface area contributed by atoms with Crippen molar-refractivity contribution in [1.82, 2.24) is 4.90 Å². The molecular weight excluding hydrogens is 245 g/mol. The summed E-state index contributed by atoms with van der Waals surface area (Å²) in [6.45, 7) is 6.59. The summed E-state index contributed by atoms with van der Waals surface area (Å²) in [6.07, 6.45) is 3.37. The fourth-order valence-electron chi connectivity index (χ4n) is 1.32. The number of hydrogen-bond acceptors (Lipinski definition) is 3. The van der Waals surface area contributed by atoms with E-state index in [-0.39, 0.29) is 12.5 Å². The van der Waals surface area contributed by atoms with E-state index in [4.69, 9.17) is 9.79 Å². The number of carbonyl (C=O) groups excluding carboxylic acids is 1. The van der Waals surface area contributed by atoms with E-state index in [9.17, 15) is 9.36 Å². The van der Waals surface area contributed by atoms with Gasteiger partial charge < -0.3 is 14.7 Å². The van der Waals surface area contributed by atoms with E-state index >= 15 is 0 Å². The van der Waals surface area contributed by atoms with Gasteiger partial charge >= 0.3 is 7.82 Å². The predicted molar refractivity (Wildman–Crippen MR) is 64.3 cm³/mol. The monoisotopic (exact) mass is 265 g/mol. The zero-order chi connectivity index (χ0) is 13.3. The van der Waals surface area contributed by atoms with Gasteiger partial charge in [-0.25, -0.2) is 4.57 Å². The van der Waals surface area contributed by atoms with E-state index in [0.29, 0.717) is 19.5 Å². The number of hydrogen-bond donors (Lipinski definition) is 2. The van der Waals surface area contributed by atoms with Crippen LogP contribution in [0, 0.1) is 0 Å². The molecule has 100 valence electrons. The van der Waals surface area contributed by atoms with Gasteiger partial charge in [0.1, 0.15) is 0 Å².